The average molecular weight is 435 g/mol. The summed E-state index contributed by atoms with van der Waals surface area (Å²) in [6, 6.07) is 15.4. The van der Waals surface area contributed by atoms with Crippen molar-refractivity contribution in [2.24, 2.45) is 5.92 Å². The van der Waals surface area contributed by atoms with E-state index in [1.807, 2.05) is 30.3 Å². The Kier molecular flexibility index (Phi) is 7.40. The molecule has 1 saturated heterocycles. The lowest BCUT2D eigenvalue weighted by Gasteiger charge is -2.32. The maximum atomic E-state index is 13.4. The molecular formula is C25H27FN4O2. The Morgan fingerprint density at radius 2 is 1.84 bits per heavy atom. The van der Waals surface area contributed by atoms with Crippen LogP contribution in [0.3, 0.4) is 0 Å². The SMILES string of the molecule is O=C(NC(c1ccc(F)cc1)c1cnccn1)C1CCN(CCOc2ccccc2)CC1. The lowest BCUT2D eigenvalue weighted by molar-refractivity contribution is -0.127. The van der Waals surface area contributed by atoms with Gasteiger partial charge in [0, 0.05) is 24.9 Å². The standard InChI is InChI=1S/C25H27FN4O2/c26-21-8-6-19(7-9-21)24(23-18-27-12-13-28-23)29-25(31)20-10-14-30(15-11-20)16-17-32-22-4-2-1-3-5-22/h1-9,12-13,18,20,24H,10-11,14-17H2,(H,29,31). The summed E-state index contributed by atoms with van der Waals surface area (Å²) in [6.07, 6.45) is 6.38. The first-order chi connectivity index (χ1) is 15.7. The summed E-state index contributed by atoms with van der Waals surface area (Å²) in [7, 11) is 0. The molecular weight excluding hydrogens is 407 g/mol. The zero-order chi connectivity index (χ0) is 22.2. The molecule has 1 N–H and O–H groups in total. The average Bonchev–Trinajstić information content (AvgIpc) is 2.85. The van der Waals surface area contributed by atoms with Crippen molar-refractivity contribution in [3.63, 3.8) is 0 Å². The molecule has 0 spiro atoms. The van der Waals surface area contributed by atoms with Gasteiger partial charge >= 0.3 is 0 Å². The number of ether oxygens (including phenoxy) is 1. The van der Waals surface area contributed by atoms with Crippen molar-refractivity contribution in [3.05, 3.63) is 90.3 Å². The number of hydrogen-bond donors (Lipinski definition) is 1. The molecule has 0 bridgehead atoms. The minimum atomic E-state index is -0.464. The highest BCUT2D eigenvalue weighted by atomic mass is 19.1. The Hall–Kier alpha value is -3.32. The van der Waals surface area contributed by atoms with Crippen molar-refractivity contribution >= 4 is 5.91 Å². The van der Waals surface area contributed by atoms with Crippen molar-refractivity contribution in [1.29, 1.82) is 0 Å². The van der Waals surface area contributed by atoms with E-state index in [4.69, 9.17) is 4.74 Å². The number of benzene rings is 2. The quantitative estimate of drug-likeness (QED) is 0.587. The lowest BCUT2D eigenvalue weighted by atomic mass is 9.94. The van der Waals surface area contributed by atoms with E-state index in [-0.39, 0.29) is 17.6 Å². The molecule has 6 nitrogen and oxygen atoms in total. The summed E-state index contributed by atoms with van der Waals surface area (Å²) in [4.78, 5) is 23.9. The molecule has 1 aliphatic rings. The second kappa shape index (κ2) is 10.8. The second-order valence-corrected chi connectivity index (χ2v) is 7.90. The molecule has 166 valence electrons. The fourth-order valence-electron chi connectivity index (χ4n) is 3.93. The van der Waals surface area contributed by atoms with E-state index < -0.39 is 6.04 Å². The second-order valence-electron chi connectivity index (χ2n) is 7.90. The van der Waals surface area contributed by atoms with Crippen molar-refractivity contribution in [1.82, 2.24) is 20.2 Å². The number of piperidine rings is 1. The highest BCUT2D eigenvalue weighted by Crippen LogP contribution is 2.23. The van der Waals surface area contributed by atoms with Crippen LogP contribution in [0.4, 0.5) is 4.39 Å². The molecule has 0 saturated carbocycles. The molecule has 1 amide bonds. The largest absolute Gasteiger partial charge is 0.492 e. The zero-order valence-electron chi connectivity index (χ0n) is 17.9. The first-order valence-corrected chi connectivity index (χ1v) is 10.9. The van der Waals surface area contributed by atoms with Gasteiger partial charge in [-0.1, -0.05) is 30.3 Å². The fraction of sp³-hybridized carbons (Fsp3) is 0.320. The van der Waals surface area contributed by atoms with Crippen LogP contribution in [0.5, 0.6) is 5.75 Å². The highest BCUT2D eigenvalue weighted by molar-refractivity contribution is 5.79. The molecule has 2 aromatic carbocycles. The third kappa shape index (κ3) is 5.88. The predicted molar refractivity (Wildman–Crippen MR) is 120 cm³/mol. The van der Waals surface area contributed by atoms with E-state index >= 15 is 0 Å². The minimum absolute atomic E-state index is 0.00911. The molecule has 0 radical (unpaired) electrons. The van der Waals surface area contributed by atoms with E-state index in [0.717, 1.165) is 43.8 Å². The predicted octanol–water partition coefficient (Wildman–Crippen LogP) is 3.61. The molecule has 1 aromatic heterocycles. The van der Waals surface area contributed by atoms with Crippen LogP contribution in [0, 0.1) is 11.7 Å². The van der Waals surface area contributed by atoms with E-state index in [2.05, 4.69) is 20.2 Å². The first kappa shape index (κ1) is 21.9. The maximum absolute atomic E-state index is 13.4. The topological polar surface area (TPSA) is 67.4 Å². The fourth-order valence-corrected chi connectivity index (χ4v) is 3.93. The number of para-hydroxylation sites is 1. The smallest absolute Gasteiger partial charge is 0.224 e. The summed E-state index contributed by atoms with van der Waals surface area (Å²) < 4.78 is 19.2. The van der Waals surface area contributed by atoms with Crippen LogP contribution in [-0.2, 0) is 4.79 Å². The number of aromatic nitrogens is 2. The third-order valence-corrected chi connectivity index (χ3v) is 5.75. The number of halogens is 1. The van der Waals surface area contributed by atoms with Crippen LogP contribution in [0.25, 0.3) is 0 Å². The molecule has 0 aliphatic carbocycles. The van der Waals surface area contributed by atoms with Crippen LogP contribution < -0.4 is 10.1 Å². The van der Waals surface area contributed by atoms with Crippen LogP contribution in [0.2, 0.25) is 0 Å². The number of carbonyl (C=O) groups excluding carboxylic acids is 1. The molecule has 2 heterocycles. The summed E-state index contributed by atoms with van der Waals surface area (Å²) in [6.45, 7) is 3.16. The molecule has 1 atom stereocenters. The molecule has 1 unspecified atom stereocenters. The minimum Gasteiger partial charge on any atom is -0.492 e. The van der Waals surface area contributed by atoms with Gasteiger partial charge in [0.1, 0.15) is 18.2 Å². The Morgan fingerprint density at radius 3 is 2.53 bits per heavy atom. The van der Waals surface area contributed by atoms with Gasteiger partial charge < -0.3 is 10.1 Å². The molecule has 3 aromatic rings. The number of nitrogens with one attached hydrogen (secondary N) is 1. The van der Waals surface area contributed by atoms with Gasteiger partial charge in [-0.05, 0) is 55.8 Å². The molecule has 4 rings (SSSR count). The molecule has 1 aliphatic heterocycles. The van der Waals surface area contributed by atoms with Crippen LogP contribution >= 0.6 is 0 Å². The monoisotopic (exact) mass is 434 g/mol. The Morgan fingerprint density at radius 1 is 1.09 bits per heavy atom. The van der Waals surface area contributed by atoms with Gasteiger partial charge in [0.05, 0.1) is 17.9 Å². The van der Waals surface area contributed by atoms with E-state index in [1.54, 1.807) is 30.7 Å². The Balaban J connectivity index is 1.31. The number of hydrogen-bond acceptors (Lipinski definition) is 5. The molecule has 32 heavy (non-hydrogen) atoms. The summed E-state index contributed by atoms with van der Waals surface area (Å²) in [5, 5.41) is 3.11. The molecule has 7 heteroatoms. The Bertz CT molecular complexity index is 978. The van der Waals surface area contributed by atoms with Gasteiger partial charge in [-0.25, -0.2) is 4.39 Å². The van der Waals surface area contributed by atoms with Crippen molar-refractivity contribution in [2.75, 3.05) is 26.2 Å². The normalized spacial score (nSPS) is 15.8. The van der Waals surface area contributed by atoms with E-state index in [0.29, 0.717) is 12.3 Å². The number of likely N-dealkylation sites (tertiary alicyclic amines) is 1. The van der Waals surface area contributed by atoms with Crippen LogP contribution in [0.15, 0.2) is 73.2 Å². The van der Waals surface area contributed by atoms with Crippen LogP contribution in [-0.4, -0.2) is 47.0 Å². The van der Waals surface area contributed by atoms with Crippen molar-refractivity contribution in [2.45, 2.75) is 18.9 Å². The summed E-state index contributed by atoms with van der Waals surface area (Å²) in [5.41, 5.74) is 1.40. The van der Waals surface area contributed by atoms with Gasteiger partial charge in [0.15, 0.2) is 0 Å². The van der Waals surface area contributed by atoms with Gasteiger partial charge in [-0.3, -0.25) is 19.7 Å². The number of carbonyl (C=O) groups is 1. The third-order valence-electron chi connectivity index (χ3n) is 5.75. The van der Waals surface area contributed by atoms with Gasteiger partial charge in [0.25, 0.3) is 0 Å². The zero-order valence-corrected chi connectivity index (χ0v) is 17.9. The van der Waals surface area contributed by atoms with Gasteiger partial charge in [-0.2, -0.15) is 0 Å². The van der Waals surface area contributed by atoms with Crippen molar-refractivity contribution < 1.29 is 13.9 Å². The Labute approximate surface area is 187 Å². The number of nitrogens with zero attached hydrogens (tertiary/aromatic N) is 3. The van der Waals surface area contributed by atoms with E-state index in [1.165, 1.54) is 12.1 Å². The highest BCUT2D eigenvalue weighted by Gasteiger charge is 2.28. The van der Waals surface area contributed by atoms with E-state index in [9.17, 15) is 9.18 Å². The van der Waals surface area contributed by atoms with Gasteiger partial charge in [0.2, 0.25) is 5.91 Å². The first-order valence-electron chi connectivity index (χ1n) is 10.9. The maximum Gasteiger partial charge on any atom is 0.224 e. The molecule has 1 fully saturated rings. The van der Waals surface area contributed by atoms with Gasteiger partial charge in [-0.15, -0.1) is 0 Å². The lowest BCUT2D eigenvalue weighted by Crippen LogP contribution is -2.43. The van der Waals surface area contributed by atoms with Crippen molar-refractivity contribution in [3.8, 4) is 5.75 Å². The summed E-state index contributed by atoms with van der Waals surface area (Å²) in [5.74, 6) is 0.477. The number of amides is 1. The van der Waals surface area contributed by atoms with Crippen LogP contribution in [0.1, 0.15) is 30.1 Å². The number of rotatable bonds is 8. The summed E-state index contributed by atoms with van der Waals surface area (Å²) >= 11 is 0.